The molecule has 1 aromatic rings. The van der Waals surface area contributed by atoms with Crippen LogP contribution in [0.15, 0.2) is 24.3 Å². The van der Waals surface area contributed by atoms with E-state index in [9.17, 15) is 14.4 Å². The van der Waals surface area contributed by atoms with E-state index in [0.29, 0.717) is 5.69 Å². The summed E-state index contributed by atoms with van der Waals surface area (Å²) in [5.74, 6) is -0.656. The van der Waals surface area contributed by atoms with Crippen molar-refractivity contribution in [3.63, 3.8) is 0 Å². The van der Waals surface area contributed by atoms with Gasteiger partial charge >= 0.3 is 6.03 Å². The maximum absolute atomic E-state index is 12.1. The highest BCUT2D eigenvalue weighted by Gasteiger charge is 2.44. The van der Waals surface area contributed by atoms with Gasteiger partial charge in [0.1, 0.15) is 13.1 Å². The van der Waals surface area contributed by atoms with E-state index in [0.717, 1.165) is 24.2 Å². The first-order chi connectivity index (χ1) is 10.6. The van der Waals surface area contributed by atoms with Gasteiger partial charge < -0.3 is 10.2 Å². The molecule has 22 heavy (non-hydrogen) atoms. The summed E-state index contributed by atoms with van der Waals surface area (Å²) in [6.07, 6.45) is 2.83. The van der Waals surface area contributed by atoms with E-state index in [1.54, 1.807) is 4.90 Å². The number of benzene rings is 1. The van der Waals surface area contributed by atoms with Crippen molar-refractivity contribution < 1.29 is 14.4 Å². The van der Waals surface area contributed by atoms with Crippen molar-refractivity contribution in [3.05, 3.63) is 29.8 Å². The first-order valence-electron chi connectivity index (χ1n) is 7.58. The van der Waals surface area contributed by atoms with Crippen LogP contribution >= 0.6 is 0 Å². The Hall–Kier alpha value is -2.37. The van der Waals surface area contributed by atoms with E-state index in [-0.39, 0.29) is 37.0 Å². The van der Waals surface area contributed by atoms with Gasteiger partial charge in [0.2, 0.25) is 5.91 Å². The van der Waals surface area contributed by atoms with Crippen LogP contribution in [0.5, 0.6) is 0 Å². The van der Waals surface area contributed by atoms with Crippen LogP contribution in [0.25, 0.3) is 0 Å². The lowest BCUT2D eigenvalue weighted by atomic mass is 10.1. The molecule has 0 unspecified atom stereocenters. The van der Waals surface area contributed by atoms with Crippen molar-refractivity contribution in [1.82, 2.24) is 9.80 Å². The third kappa shape index (κ3) is 2.95. The highest BCUT2D eigenvalue weighted by Crippen LogP contribution is 2.30. The number of urea groups is 1. The first-order valence-corrected chi connectivity index (χ1v) is 7.58. The topological polar surface area (TPSA) is 69.7 Å². The minimum Gasteiger partial charge on any atom is -0.325 e. The van der Waals surface area contributed by atoms with Gasteiger partial charge in [-0.3, -0.25) is 14.5 Å². The summed E-state index contributed by atoms with van der Waals surface area (Å²) >= 11 is 0. The second-order valence-electron chi connectivity index (χ2n) is 5.72. The predicted molar refractivity (Wildman–Crippen MR) is 81.3 cm³/mol. The second kappa shape index (κ2) is 5.79. The van der Waals surface area contributed by atoms with Crippen molar-refractivity contribution in [3.8, 4) is 0 Å². The average Bonchev–Trinajstić information content (AvgIpc) is 3.31. The molecule has 3 rings (SSSR count). The smallest absolute Gasteiger partial charge is 0.325 e. The molecule has 2 aliphatic rings. The molecule has 6 heteroatoms. The molecule has 0 radical (unpaired) electrons. The van der Waals surface area contributed by atoms with Gasteiger partial charge in [0.15, 0.2) is 0 Å². The van der Waals surface area contributed by atoms with E-state index >= 15 is 0 Å². The Morgan fingerprint density at radius 2 is 1.91 bits per heavy atom. The molecule has 1 saturated carbocycles. The van der Waals surface area contributed by atoms with Crippen molar-refractivity contribution in [2.75, 3.05) is 18.4 Å². The Bertz CT molecular complexity index is 608. The summed E-state index contributed by atoms with van der Waals surface area (Å²) in [6, 6.07) is 7.37. The quantitative estimate of drug-likeness (QED) is 0.840. The van der Waals surface area contributed by atoms with Crippen molar-refractivity contribution in [2.45, 2.75) is 32.2 Å². The molecule has 0 atom stereocenters. The maximum atomic E-state index is 12.1. The van der Waals surface area contributed by atoms with Crippen LogP contribution in [0, 0.1) is 0 Å². The molecule has 1 saturated heterocycles. The number of hydrogen-bond donors (Lipinski definition) is 1. The van der Waals surface area contributed by atoms with Crippen molar-refractivity contribution >= 4 is 23.5 Å². The van der Waals surface area contributed by atoms with Gasteiger partial charge in [0, 0.05) is 11.7 Å². The SMILES string of the molecule is CCc1ccc(NC(=O)CN2C(=O)CN(C3CC3)C2=O)cc1. The lowest BCUT2D eigenvalue weighted by Crippen LogP contribution is -2.39. The van der Waals surface area contributed by atoms with Gasteiger partial charge in [-0.25, -0.2) is 4.79 Å². The summed E-state index contributed by atoms with van der Waals surface area (Å²) in [7, 11) is 0. The Kier molecular flexibility index (Phi) is 3.83. The van der Waals surface area contributed by atoms with Gasteiger partial charge in [-0.2, -0.15) is 0 Å². The number of carbonyl (C=O) groups is 3. The van der Waals surface area contributed by atoms with Crippen molar-refractivity contribution in [1.29, 1.82) is 0 Å². The Balaban J connectivity index is 1.58. The number of carbonyl (C=O) groups excluding carboxylic acids is 3. The summed E-state index contributed by atoms with van der Waals surface area (Å²) in [4.78, 5) is 38.6. The number of nitrogens with one attached hydrogen (secondary N) is 1. The molecule has 2 fully saturated rings. The molecule has 0 spiro atoms. The molecule has 116 valence electrons. The van der Waals surface area contributed by atoms with Crippen LogP contribution in [-0.4, -0.2) is 46.8 Å². The van der Waals surface area contributed by atoms with E-state index in [2.05, 4.69) is 12.2 Å². The number of aryl methyl sites for hydroxylation is 1. The van der Waals surface area contributed by atoms with E-state index in [1.165, 1.54) is 5.56 Å². The second-order valence-corrected chi connectivity index (χ2v) is 5.72. The molecule has 6 nitrogen and oxygen atoms in total. The highest BCUT2D eigenvalue weighted by atomic mass is 16.2. The minimum absolute atomic E-state index is 0.0992. The predicted octanol–water partition coefficient (Wildman–Crippen LogP) is 1.61. The number of imide groups is 1. The zero-order valence-corrected chi connectivity index (χ0v) is 12.5. The normalized spacial score (nSPS) is 18.0. The molecule has 1 N–H and O–H groups in total. The molecule has 1 aromatic carbocycles. The van der Waals surface area contributed by atoms with Gasteiger partial charge in [-0.1, -0.05) is 19.1 Å². The summed E-state index contributed by atoms with van der Waals surface area (Å²) < 4.78 is 0. The van der Waals surface area contributed by atoms with Crippen LogP contribution in [0.3, 0.4) is 0 Å². The number of amides is 4. The summed E-state index contributed by atoms with van der Waals surface area (Å²) in [5.41, 5.74) is 1.85. The van der Waals surface area contributed by atoms with Crippen LogP contribution in [0.4, 0.5) is 10.5 Å². The lowest BCUT2D eigenvalue weighted by molar-refractivity contribution is -0.129. The fourth-order valence-electron chi connectivity index (χ4n) is 2.56. The molecule has 1 aliphatic heterocycles. The van der Waals surface area contributed by atoms with Crippen LogP contribution in [0.2, 0.25) is 0 Å². The fraction of sp³-hybridized carbons (Fsp3) is 0.438. The van der Waals surface area contributed by atoms with E-state index < -0.39 is 0 Å². The molecular weight excluding hydrogens is 282 g/mol. The Labute approximate surface area is 129 Å². The molecule has 4 amide bonds. The van der Waals surface area contributed by atoms with Gasteiger partial charge in [0.25, 0.3) is 5.91 Å². The third-order valence-corrected chi connectivity index (χ3v) is 4.02. The van der Waals surface area contributed by atoms with E-state index in [1.807, 2.05) is 24.3 Å². The first kappa shape index (κ1) is 14.6. The fourth-order valence-corrected chi connectivity index (χ4v) is 2.56. The van der Waals surface area contributed by atoms with Gasteiger partial charge in [-0.05, 0) is 37.0 Å². The zero-order chi connectivity index (χ0) is 15.7. The third-order valence-electron chi connectivity index (χ3n) is 4.02. The molecule has 0 bridgehead atoms. The number of nitrogens with zero attached hydrogens (tertiary/aromatic N) is 2. The van der Waals surface area contributed by atoms with E-state index in [4.69, 9.17) is 0 Å². The van der Waals surface area contributed by atoms with Crippen molar-refractivity contribution in [2.24, 2.45) is 0 Å². The molecule has 1 heterocycles. The zero-order valence-electron chi connectivity index (χ0n) is 12.5. The number of rotatable bonds is 5. The lowest BCUT2D eigenvalue weighted by Gasteiger charge is -2.16. The van der Waals surface area contributed by atoms with Gasteiger partial charge in [0.05, 0.1) is 0 Å². The molecular formula is C16H19N3O3. The van der Waals surface area contributed by atoms with Crippen LogP contribution in [0.1, 0.15) is 25.3 Å². The average molecular weight is 301 g/mol. The Morgan fingerprint density at radius 3 is 2.50 bits per heavy atom. The van der Waals surface area contributed by atoms with Crippen LogP contribution < -0.4 is 5.32 Å². The maximum Gasteiger partial charge on any atom is 0.327 e. The molecule has 1 aliphatic carbocycles. The number of anilines is 1. The monoisotopic (exact) mass is 301 g/mol. The largest absolute Gasteiger partial charge is 0.327 e. The number of hydrogen-bond acceptors (Lipinski definition) is 3. The highest BCUT2D eigenvalue weighted by molar-refractivity contribution is 6.06. The van der Waals surface area contributed by atoms with Gasteiger partial charge in [-0.15, -0.1) is 0 Å². The Morgan fingerprint density at radius 1 is 1.23 bits per heavy atom. The standard InChI is InChI=1S/C16H19N3O3/c1-2-11-3-5-12(6-4-11)17-14(20)9-19-15(21)10-18(16(19)22)13-7-8-13/h3-6,13H,2,7-10H2,1H3,(H,17,20). The minimum atomic E-state index is -0.358. The summed E-state index contributed by atoms with van der Waals surface area (Å²) in [5, 5.41) is 2.72. The van der Waals surface area contributed by atoms with Crippen LogP contribution in [-0.2, 0) is 16.0 Å². The molecule has 0 aromatic heterocycles. The summed E-state index contributed by atoms with van der Waals surface area (Å²) in [6.45, 7) is 1.93.